The van der Waals surface area contributed by atoms with Gasteiger partial charge in [0.15, 0.2) is 0 Å². The van der Waals surface area contributed by atoms with Crippen LogP contribution in [0.15, 0.2) is 47.7 Å². The monoisotopic (exact) mass is 458 g/mol. The van der Waals surface area contributed by atoms with Gasteiger partial charge in [0.1, 0.15) is 18.0 Å². The fourth-order valence-corrected chi connectivity index (χ4v) is 5.01. The average molecular weight is 459 g/mol. The number of likely N-dealkylation sites (tertiary alicyclic amines) is 1. The quantitative estimate of drug-likeness (QED) is 0.377. The first-order valence-corrected chi connectivity index (χ1v) is 11.2. The molecule has 10 heteroatoms. The Hall–Kier alpha value is -4.08. The predicted molar refractivity (Wildman–Crippen MR) is 127 cm³/mol. The van der Waals surface area contributed by atoms with Gasteiger partial charge in [-0.2, -0.15) is 0 Å². The summed E-state index contributed by atoms with van der Waals surface area (Å²) >= 11 is 0. The Labute approximate surface area is 196 Å². The van der Waals surface area contributed by atoms with Crippen LogP contribution >= 0.6 is 0 Å². The Kier molecular flexibility index (Phi) is 5.56. The third-order valence-corrected chi connectivity index (χ3v) is 6.65. The minimum absolute atomic E-state index is 0.00142. The van der Waals surface area contributed by atoms with E-state index in [1.165, 1.54) is 12.4 Å². The van der Waals surface area contributed by atoms with Gasteiger partial charge in [0.05, 0.1) is 11.3 Å². The van der Waals surface area contributed by atoms with Crippen molar-refractivity contribution in [2.45, 2.75) is 25.8 Å². The summed E-state index contributed by atoms with van der Waals surface area (Å²) in [4.78, 5) is 22.4. The summed E-state index contributed by atoms with van der Waals surface area (Å²) in [6.45, 7) is 6.84. The maximum atomic E-state index is 11.9. The molecule has 1 aliphatic carbocycles. The molecule has 2 unspecified atom stereocenters. The number of aromatic nitrogens is 4. The van der Waals surface area contributed by atoms with E-state index in [0.29, 0.717) is 40.6 Å². The normalized spacial score (nSPS) is 21.3. The van der Waals surface area contributed by atoms with Crippen LogP contribution in [0.3, 0.4) is 0 Å². The second-order valence-electron chi connectivity index (χ2n) is 8.84. The molecule has 1 amide bonds. The van der Waals surface area contributed by atoms with Crippen LogP contribution < -0.4 is 11.1 Å². The van der Waals surface area contributed by atoms with E-state index in [1.54, 1.807) is 6.92 Å². The highest BCUT2D eigenvalue weighted by molar-refractivity contribution is 6.16. The Morgan fingerprint density at radius 2 is 1.91 bits per heavy atom. The largest absolute Gasteiger partial charge is 0.421 e. The Morgan fingerprint density at radius 1 is 1.21 bits per heavy atom. The van der Waals surface area contributed by atoms with E-state index in [-0.39, 0.29) is 23.5 Å². The Balaban J connectivity index is 1.32. The first kappa shape index (κ1) is 21.7. The van der Waals surface area contributed by atoms with E-state index >= 15 is 0 Å². The fourth-order valence-electron chi connectivity index (χ4n) is 5.01. The third-order valence-electron chi connectivity index (χ3n) is 6.65. The molecule has 2 atom stereocenters. The van der Waals surface area contributed by atoms with Gasteiger partial charge in [-0.3, -0.25) is 10.2 Å². The number of amides is 1. The molecular formula is C24H26N8O2. The van der Waals surface area contributed by atoms with Crippen molar-refractivity contribution in [3.05, 3.63) is 60.3 Å². The lowest BCUT2D eigenvalue weighted by molar-refractivity contribution is -0.125. The zero-order chi connectivity index (χ0) is 23.8. The third kappa shape index (κ3) is 4.02. The van der Waals surface area contributed by atoms with Gasteiger partial charge in [0.25, 0.3) is 0 Å². The molecule has 174 valence electrons. The number of benzene rings is 1. The number of fused-ring (bicyclic) bond motifs is 1. The van der Waals surface area contributed by atoms with Gasteiger partial charge in [0.2, 0.25) is 17.7 Å². The molecule has 3 heterocycles. The molecule has 34 heavy (non-hydrogen) atoms. The topological polar surface area (TPSA) is 147 Å². The molecule has 5 rings (SSSR count). The van der Waals surface area contributed by atoms with E-state index in [4.69, 9.17) is 15.6 Å². The second kappa shape index (κ2) is 8.69. The first-order valence-electron chi connectivity index (χ1n) is 11.2. The average Bonchev–Trinajstić information content (AvgIpc) is 3.53. The smallest absolute Gasteiger partial charge is 0.247 e. The van der Waals surface area contributed by atoms with Crippen LogP contribution in [0, 0.1) is 24.2 Å². The van der Waals surface area contributed by atoms with Crippen LogP contribution in [0.4, 0.5) is 11.6 Å². The molecule has 2 aromatic heterocycles. The first-order chi connectivity index (χ1) is 16.4. The molecule has 1 saturated carbocycles. The van der Waals surface area contributed by atoms with Gasteiger partial charge in [0, 0.05) is 37.2 Å². The molecule has 2 fully saturated rings. The number of nitrogen functional groups attached to an aromatic ring is 1. The summed E-state index contributed by atoms with van der Waals surface area (Å²) in [5, 5.41) is 20.2. The molecule has 0 spiro atoms. The summed E-state index contributed by atoms with van der Waals surface area (Å²) in [6.07, 6.45) is 4.66. The highest BCUT2D eigenvalue weighted by Crippen LogP contribution is 2.39. The Bertz CT molecular complexity index is 1240. The molecule has 1 aromatic carbocycles. The summed E-state index contributed by atoms with van der Waals surface area (Å²) in [5.41, 5.74) is 8.35. The number of rotatable bonds is 6. The van der Waals surface area contributed by atoms with Gasteiger partial charge in [-0.1, -0.05) is 18.7 Å². The summed E-state index contributed by atoms with van der Waals surface area (Å²) < 4.78 is 5.47. The molecular weight excluding hydrogens is 432 g/mol. The minimum atomic E-state index is -0.00142. The van der Waals surface area contributed by atoms with E-state index in [2.05, 4.69) is 32.1 Å². The molecule has 3 aromatic rings. The van der Waals surface area contributed by atoms with Gasteiger partial charge < -0.3 is 20.4 Å². The molecule has 0 bridgehead atoms. The number of nitrogens with one attached hydrogen (secondary N) is 2. The number of hydrogen-bond acceptors (Lipinski definition) is 9. The number of carbonyl (C=O) groups excluding carboxylic acids is 1. The van der Waals surface area contributed by atoms with Crippen LogP contribution in [0.5, 0.6) is 0 Å². The maximum absolute atomic E-state index is 11.9. The molecule has 0 radical (unpaired) electrons. The number of carbonyl (C=O) groups is 1. The highest BCUT2D eigenvalue weighted by atomic mass is 16.4. The lowest BCUT2D eigenvalue weighted by atomic mass is 10.0. The molecule has 2 aliphatic rings. The van der Waals surface area contributed by atoms with Crippen LogP contribution in [0.2, 0.25) is 0 Å². The van der Waals surface area contributed by atoms with E-state index in [9.17, 15) is 4.79 Å². The predicted octanol–water partition coefficient (Wildman–Crippen LogP) is 2.67. The summed E-state index contributed by atoms with van der Waals surface area (Å²) in [5.74, 6) is 2.62. The number of nitrogens with zero attached hydrogens (tertiary/aromatic N) is 5. The van der Waals surface area contributed by atoms with Crippen molar-refractivity contribution in [1.82, 2.24) is 25.1 Å². The van der Waals surface area contributed by atoms with Crippen molar-refractivity contribution in [1.29, 1.82) is 5.41 Å². The molecule has 10 nitrogen and oxygen atoms in total. The van der Waals surface area contributed by atoms with E-state index in [0.717, 1.165) is 31.5 Å². The van der Waals surface area contributed by atoms with E-state index in [1.807, 2.05) is 29.2 Å². The van der Waals surface area contributed by atoms with Crippen LogP contribution in [0.25, 0.3) is 11.5 Å². The zero-order valence-corrected chi connectivity index (χ0v) is 18.9. The van der Waals surface area contributed by atoms with Crippen molar-refractivity contribution < 1.29 is 9.21 Å². The zero-order valence-electron chi connectivity index (χ0n) is 18.9. The summed E-state index contributed by atoms with van der Waals surface area (Å²) in [7, 11) is 0. The number of hydrogen-bond donors (Lipinski definition) is 3. The number of anilines is 2. The van der Waals surface area contributed by atoms with Gasteiger partial charge in [-0.25, -0.2) is 9.97 Å². The van der Waals surface area contributed by atoms with Gasteiger partial charge >= 0.3 is 0 Å². The number of nitrogens with two attached hydrogens (primary N) is 1. The van der Waals surface area contributed by atoms with Crippen molar-refractivity contribution in [2.75, 3.05) is 24.1 Å². The van der Waals surface area contributed by atoms with Gasteiger partial charge in [-0.05, 0) is 42.9 Å². The highest BCUT2D eigenvalue weighted by Gasteiger charge is 2.42. The minimum Gasteiger partial charge on any atom is -0.421 e. The Morgan fingerprint density at radius 3 is 2.53 bits per heavy atom. The van der Waals surface area contributed by atoms with Gasteiger partial charge in [-0.15, -0.1) is 10.2 Å². The SMILES string of the molecule is C=CC(=O)N1CC2CC(Nc3ncnc(N)c3C(=N)c3ccc(-c4nnc(C)o4)cc3)CC2C1. The molecule has 1 aliphatic heterocycles. The summed E-state index contributed by atoms with van der Waals surface area (Å²) in [6, 6.07) is 7.49. The van der Waals surface area contributed by atoms with Crippen molar-refractivity contribution in [3.8, 4) is 11.5 Å². The van der Waals surface area contributed by atoms with Crippen molar-refractivity contribution in [3.63, 3.8) is 0 Å². The lowest BCUT2D eigenvalue weighted by Gasteiger charge is -2.20. The lowest BCUT2D eigenvalue weighted by Crippen LogP contribution is -2.30. The van der Waals surface area contributed by atoms with E-state index < -0.39 is 0 Å². The van der Waals surface area contributed by atoms with Crippen LogP contribution in [0.1, 0.15) is 29.9 Å². The number of aryl methyl sites for hydroxylation is 1. The van der Waals surface area contributed by atoms with Crippen LogP contribution in [-0.4, -0.2) is 55.8 Å². The molecule has 1 saturated heterocycles. The maximum Gasteiger partial charge on any atom is 0.247 e. The van der Waals surface area contributed by atoms with Crippen molar-refractivity contribution in [2.24, 2.45) is 11.8 Å². The van der Waals surface area contributed by atoms with Crippen LogP contribution in [-0.2, 0) is 4.79 Å². The second-order valence-corrected chi connectivity index (χ2v) is 8.84. The standard InChI is InChI=1S/C24H26N8O2/c1-3-19(33)32-10-16-8-18(9-17(16)11-32)29-23-20(22(26)27-12-28-23)21(25)14-4-6-15(7-5-14)24-31-30-13(2)34-24/h3-7,12,16-18,25H,1,8-11H2,2H3,(H3,26,27,28,29). The van der Waals surface area contributed by atoms with Crippen molar-refractivity contribution >= 4 is 23.3 Å². The molecule has 4 N–H and O–H groups in total. The fraction of sp³-hybridized carbons (Fsp3) is 0.333.